The zero-order valence-corrected chi connectivity index (χ0v) is 15.5. The average molecular weight is 380 g/mol. The first-order chi connectivity index (χ1) is 13.5. The predicted molar refractivity (Wildman–Crippen MR) is 106 cm³/mol. The Labute approximate surface area is 161 Å². The third kappa shape index (κ3) is 4.50. The van der Waals surface area contributed by atoms with Crippen LogP contribution < -0.4 is 15.8 Å². The Morgan fingerprint density at radius 1 is 1.18 bits per heavy atom. The number of para-hydroxylation sites is 1. The van der Waals surface area contributed by atoms with Crippen LogP contribution in [0.2, 0.25) is 0 Å². The minimum atomic E-state index is -0.433. The molecule has 0 saturated carbocycles. The van der Waals surface area contributed by atoms with Gasteiger partial charge >= 0.3 is 0 Å². The van der Waals surface area contributed by atoms with Crippen LogP contribution in [-0.2, 0) is 13.0 Å². The topological polar surface area (TPSA) is 129 Å². The molecule has 0 aliphatic heterocycles. The average Bonchev–Trinajstić information content (AvgIpc) is 2.66. The summed E-state index contributed by atoms with van der Waals surface area (Å²) >= 11 is 0. The van der Waals surface area contributed by atoms with Crippen molar-refractivity contribution in [2.24, 2.45) is 0 Å². The molecular weight excluding hydrogens is 360 g/mol. The summed E-state index contributed by atoms with van der Waals surface area (Å²) in [5, 5.41) is 14.1. The van der Waals surface area contributed by atoms with Gasteiger partial charge in [-0.05, 0) is 37.1 Å². The number of aryl methyl sites for hydroxylation is 2. The number of nitrogens with one attached hydrogen (secondary N) is 1. The number of hydrogen-bond donors (Lipinski definition) is 2. The normalized spacial score (nSPS) is 10.5. The molecule has 0 radical (unpaired) electrons. The molecule has 0 aliphatic carbocycles. The number of aromatic nitrogens is 3. The Morgan fingerprint density at radius 3 is 2.68 bits per heavy atom. The zero-order chi connectivity index (χ0) is 20.1. The van der Waals surface area contributed by atoms with E-state index in [1.54, 1.807) is 13.0 Å². The maximum Gasteiger partial charge on any atom is 0.272 e. The Kier molecular flexibility index (Phi) is 5.64. The standard InChI is InChI=1S/C19H20N6O3/c1-3-13-6-4-5-7-15(13)21-19-23-17(22-18(20)24-19)11-28-14-8-9-16(25(26)27)12(2)10-14/h4-10H,3,11H2,1-2H3,(H3,20,21,22,23,24). The van der Waals surface area contributed by atoms with Crippen LogP contribution >= 0.6 is 0 Å². The molecule has 0 atom stereocenters. The number of anilines is 3. The van der Waals surface area contributed by atoms with Gasteiger partial charge in [0, 0.05) is 17.3 Å². The highest BCUT2D eigenvalue weighted by molar-refractivity contribution is 5.58. The molecule has 0 amide bonds. The van der Waals surface area contributed by atoms with E-state index in [2.05, 4.69) is 27.2 Å². The highest BCUT2D eigenvalue weighted by Crippen LogP contribution is 2.24. The molecular formula is C19H20N6O3. The first kappa shape index (κ1) is 19.0. The fraction of sp³-hybridized carbons (Fsp3) is 0.211. The predicted octanol–water partition coefficient (Wildman–Crippen LogP) is 3.56. The number of ether oxygens (including phenoxy) is 1. The summed E-state index contributed by atoms with van der Waals surface area (Å²) in [6.07, 6.45) is 0.860. The van der Waals surface area contributed by atoms with E-state index >= 15 is 0 Å². The van der Waals surface area contributed by atoms with Crippen LogP contribution in [0, 0.1) is 17.0 Å². The molecule has 3 rings (SSSR count). The smallest absolute Gasteiger partial charge is 0.272 e. The molecule has 28 heavy (non-hydrogen) atoms. The first-order valence-electron chi connectivity index (χ1n) is 8.69. The molecule has 3 N–H and O–H groups in total. The SMILES string of the molecule is CCc1ccccc1Nc1nc(N)nc(COc2ccc([N+](=O)[O-])c(C)c2)n1. The van der Waals surface area contributed by atoms with Gasteiger partial charge in [0.1, 0.15) is 12.4 Å². The number of nitro groups is 1. The van der Waals surface area contributed by atoms with Crippen LogP contribution in [0.3, 0.4) is 0 Å². The second-order valence-corrected chi connectivity index (χ2v) is 6.06. The lowest BCUT2D eigenvalue weighted by atomic mass is 10.1. The number of nitro benzene ring substituents is 1. The highest BCUT2D eigenvalue weighted by atomic mass is 16.6. The minimum absolute atomic E-state index is 0.0397. The van der Waals surface area contributed by atoms with E-state index < -0.39 is 4.92 Å². The van der Waals surface area contributed by atoms with E-state index in [9.17, 15) is 10.1 Å². The van der Waals surface area contributed by atoms with E-state index in [0.29, 0.717) is 23.1 Å². The third-order valence-electron chi connectivity index (χ3n) is 4.08. The van der Waals surface area contributed by atoms with Gasteiger partial charge in [0.15, 0.2) is 5.82 Å². The monoisotopic (exact) mass is 380 g/mol. The molecule has 0 spiro atoms. The molecule has 1 heterocycles. The molecule has 0 bridgehead atoms. The van der Waals surface area contributed by atoms with Crippen molar-refractivity contribution < 1.29 is 9.66 Å². The van der Waals surface area contributed by atoms with Crippen LogP contribution in [0.4, 0.5) is 23.3 Å². The van der Waals surface area contributed by atoms with Crippen molar-refractivity contribution in [2.45, 2.75) is 26.9 Å². The van der Waals surface area contributed by atoms with E-state index in [0.717, 1.165) is 17.7 Å². The fourth-order valence-electron chi connectivity index (χ4n) is 2.70. The second-order valence-electron chi connectivity index (χ2n) is 6.06. The van der Waals surface area contributed by atoms with Crippen molar-refractivity contribution in [1.82, 2.24) is 15.0 Å². The van der Waals surface area contributed by atoms with Gasteiger partial charge < -0.3 is 15.8 Å². The van der Waals surface area contributed by atoms with Crippen LogP contribution in [-0.4, -0.2) is 19.9 Å². The van der Waals surface area contributed by atoms with E-state index in [4.69, 9.17) is 10.5 Å². The van der Waals surface area contributed by atoms with Gasteiger partial charge in [-0.3, -0.25) is 10.1 Å². The summed E-state index contributed by atoms with van der Waals surface area (Å²) in [6.45, 7) is 3.76. The molecule has 3 aromatic rings. The first-order valence-corrected chi connectivity index (χ1v) is 8.69. The van der Waals surface area contributed by atoms with Gasteiger partial charge in [-0.15, -0.1) is 0 Å². The minimum Gasteiger partial charge on any atom is -0.486 e. The number of benzene rings is 2. The summed E-state index contributed by atoms with van der Waals surface area (Å²) in [6, 6.07) is 12.4. The van der Waals surface area contributed by atoms with Crippen molar-refractivity contribution in [3.8, 4) is 5.75 Å². The maximum absolute atomic E-state index is 10.9. The van der Waals surface area contributed by atoms with Gasteiger partial charge in [0.2, 0.25) is 11.9 Å². The van der Waals surface area contributed by atoms with Gasteiger partial charge in [-0.1, -0.05) is 25.1 Å². The number of nitrogens with two attached hydrogens (primary N) is 1. The van der Waals surface area contributed by atoms with Gasteiger partial charge in [0.25, 0.3) is 5.69 Å². The lowest BCUT2D eigenvalue weighted by Gasteiger charge is -2.11. The van der Waals surface area contributed by atoms with Crippen molar-refractivity contribution >= 4 is 23.3 Å². The quantitative estimate of drug-likeness (QED) is 0.470. The van der Waals surface area contributed by atoms with Crippen molar-refractivity contribution in [2.75, 3.05) is 11.1 Å². The molecule has 9 heteroatoms. The Hall–Kier alpha value is -3.75. The second kappa shape index (κ2) is 8.30. The molecule has 0 saturated heterocycles. The van der Waals surface area contributed by atoms with E-state index in [-0.39, 0.29) is 18.2 Å². The van der Waals surface area contributed by atoms with Crippen LogP contribution in [0.1, 0.15) is 23.9 Å². The molecule has 2 aromatic carbocycles. The Balaban J connectivity index is 1.75. The zero-order valence-electron chi connectivity index (χ0n) is 15.5. The van der Waals surface area contributed by atoms with Crippen molar-refractivity contribution in [3.05, 3.63) is 69.5 Å². The largest absolute Gasteiger partial charge is 0.486 e. The number of hydrogen-bond acceptors (Lipinski definition) is 8. The lowest BCUT2D eigenvalue weighted by molar-refractivity contribution is -0.385. The number of nitrogens with zero attached hydrogens (tertiary/aromatic N) is 4. The summed E-state index contributed by atoms with van der Waals surface area (Å²) in [7, 11) is 0. The molecule has 144 valence electrons. The maximum atomic E-state index is 10.9. The highest BCUT2D eigenvalue weighted by Gasteiger charge is 2.12. The van der Waals surface area contributed by atoms with Gasteiger partial charge in [-0.2, -0.15) is 15.0 Å². The Bertz CT molecular complexity index is 1010. The Morgan fingerprint density at radius 2 is 1.96 bits per heavy atom. The van der Waals surface area contributed by atoms with E-state index in [1.165, 1.54) is 12.1 Å². The molecule has 1 aromatic heterocycles. The van der Waals surface area contributed by atoms with Crippen LogP contribution in [0.15, 0.2) is 42.5 Å². The third-order valence-corrected chi connectivity index (χ3v) is 4.08. The molecule has 0 aliphatic rings. The molecule has 9 nitrogen and oxygen atoms in total. The number of rotatable bonds is 7. The lowest BCUT2D eigenvalue weighted by Crippen LogP contribution is -2.10. The van der Waals surface area contributed by atoms with Crippen LogP contribution in [0.5, 0.6) is 5.75 Å². The van der Waals surface area contributed by atoms with Crippen LogP contribution in [0.25, 0.3) is 0 Å². The number of nitrogen functional groups attached to an aromatic ring is 1. The summed E-state index contributed by atoms with van der Waals surface area (Å²) in [5.74, 6) is 1.23. The molecule has 0 unspecified atom stereocenters. The summed E-state index contributed by atoms with van der Waals surface area (Å²) in [5.41, 5.74) is 8.37. The summed E-state index contributed by atoms with van der Waals surface area (Å²) < 4.78 is 5.65. The molecule has 0 fully saturated rings. The van der Waals surface area contributed by atoms with E-state index in [1.807, 2.05) is 24.3 Å². The van der Waals surface area contributed by atoms with Crippen molar-refractivity contribution in [1.29, 1.82) is 0 Å². The fourth-order valence-corrected chi connectivity index (χ4v) is 2.70. The van der Waals surface area contributed by atoms with Crippen molar-refractivity contribution in [3.63, 3.8) is 0 Å². The summed E-state index contributed by atoms with van der Waals surface area (Å²) in [4.78, 5) is 23.0. The van der Waals surface area contributed by atoms with Gasteiger partial charge in [-0.25, -0.2) is 0 Å². The van der Waals surface area contributed by atoms with Gasteiger partial charge in [0.05, 0.1) is 4.92 Å².